The first-order valence-electron chi connectivity index (χ1n) is 8.37. The van der Waals surface area contributed by atoms with E-state index in [1.807, 2.05) is 0 Å². The molecule has 0 bridgehead atoms. The lowest BCUT2D eigenvalue weighted by Crippen LogP contribution is -2.07. The number of ether oxygens (including phenoxy) is 4. The Kier molecular flexibility index (Phi) is 5.99. The van der Waals surface area contributed by atoms with Crippen LogP contribution in [-0.2, 0) is 10.4 Å². The zero-order chi connectivity index (χ0) is 21.9. The SMILES string of the molecule is COc1ccc(-c2n[nH]nc2-c2cc(OC)c(OC)c(OC)c2)cc1OS(=O)(=O)O. The number of methoxy groups -OCH3 is 4. The number of nitrogens with zero attached hydrogens (tertiary/aromatic N) is 2. The normalized spacial score (nSPS) is 11.1. The first kappa shape index (κ1) is 21.2. The van der Waals surface area contributed by atoms with Crippen LogP contribution in [0.5, 0.6) is 28.7 Å². The molecule has 0 aliphatic heterocycles. The number of benzene rings is 2. The van der Waals surface area contributed by atoms with Crippen LogP contribution in [0.1, 0.15) is 0 Å². The van der Waals surface area contributed by atoms with Crippen LogP contribution in [0.25, 0.3) is 22.5 Å². The van der Waals surface area contributed by atoms with Gasteiger partial charge in [0.1, 0.15) is 11.4 Å². The Bertz CT molecular complexity index is 1130. The van der Waals surface area contributed by atoms with Crippen molar-refractivity contribution in [2.45, 2.75) is 0 Å². The minimum atomic E-state index is -4.75. The lowest BCUT2D eigenvalue weighted by Gasteiger charge is -2.14. The van der Waals surface area contributed by atoms with Crippen molar-refractivity contribution in [1.82, 2.24) is 15.4 Å². The number of hydrogen-bond donors (Lipinski definition) is 2. The molecule has 12 heteroatoms. The molecular formula is C18H19N3O8S. The first-order chi connectivity index (χ1) is 14.3. The van der Waals surface area contributed by atoms with Crippen molar-refractivity contribution in [3.8, 4) is 51.3 Å². The van der Waals surface area contributed by atoms with Gasteiger partial charge in [0.2, 0.25) is 5.75 Å². The molecule has 0 radical (unpaired) electrons. The number of hydrogen-bond acceptors (Lipinski definition) is 9. The summed E-state index contributed by atoms with van der Waals surface area (Å²) in [5, 5.41) is 10.9. The molecule has 2 aromatic carbocycles. The second kappa shape index (κ2) is 8.47. The van der Waals surface area contributed by atoms with Gasteiger partial charge in [-0.05, 0) is 30.3 Å². The van der Waals surface area contributed by atoms with Gasteiger partial charge in [0.05, 0.1) is 28.4 Å². The van der Waals surface area contributed by atoms with Gasteiger partial charge in [-0.25, -0.2) is 0 Å². The van der Waals surface area contributed by atoms with E-state index in [4.69, 9.17) is 23.5 Å². The van der Waals surface area contributed by atoms with Crippen molar-refractivity contribution in [3.63, 3.8) is 0 Å². The van der Waals surface area contributed by atoms with E-state index in [9.17, 15) is 8.42 Å². The molecule has 3 rings (SSSR count). The highest BCUT2D eigenvalue weighted by molar-refractivity contribution is 7.81. The van der Waals surface area contributed by atoms with E-state index in [0.717, 1.165) is 0 Å². The quantitative estimate of drug-likeness (QED) is 0.504. The molecule has 0 unspecified atom stereocenters. The van der Waals surface area contributed by atoms with E-state index in [1.165, 1.54) is 40.6 Å². The number of rotatable bonds is 8. The standard InChI is InChI=1S/C18H19N3O8S/c1-25-12-6-5-10(7-13(12)29-30(22,23)24)16-17(20-21-19-16)11-8-14(26-2)18(28-4)15(9-11)27-3/h5-9H,1-4H3,(H,19,20,21)(H,22,23,24). The summed E-state index contributed by atoms with van der Waals surface area (Å²) in [6.45, 7) is 0. The maximum Gasteiger partial charge on any atom is 0.446 e. The lowest BCUT2D eigenvalue weighted by molar-refractivity contribution is 0.324. The molecule has 160 valence electrons. The second-order valence-corrected chi connectivity index (χ2v) is 6.83. The van der Waals surface area contributed by atoms with Gasteiger partial charge < -0.3 is 23.1 Å². The van der Waals surface area contributed by atoms with Gasteiger partial charge in [-0.15, -0.1) is 0 Å². The fraction of sp³-hybridized carbons (Fsp3) is 0.222. The smallest absolute Gasteiger partial charge is 0.446 e. The summed E-state index contributed by atoms with van der Waals surface area (Å²) in [6.07, 6.45) is 0. The predicted molar refractivity (Wildman–Crippen MR) is 106 cm³/mol. The van der Waals surface area contributed by atoms with E-state index in [0.29, 0.717) is 39.8 Å². The molecule has 0 amide bonds. The molecule has 1 aromatic heterocycles. The Morgan fingerprint density at radius 2 is 1.30 bits per heavy atom. The predicted octanol–water partition coefficient (Wildman–Crippen LogP) is 2.35. The fourth-order valence-electron chi connectivity index (χ4n) is 2.85. The van der Waals surface area contributed by atoms with Crippen molar-refractivity contribution in [2.24, 2.45) is 0 Å². The van der Waals surface area contributed by atoms with Gasteiger partial charge in [-0.2, -0.15) is 23.8 Å². The van der Waals surface area contributed by atoms with Crippen LogP contribution in [0.4, 0.5) is 0 Å². The Hall–Kier alpha value is -3.51. The van der Waals surface area contributed by atoms with Crippen LogP contribution in [-0.4, -0.2) is 56.8 Å². The van der Waals surface area contributed by atoms with Crippen LogP contribution < -0.4 is 23.1 Å². The Morgan fingerprint density at radius 3 is 1.80 bits per heavy atom. The molecular weight excluding hydrogens is 418 g/mol. The summed E-state index contributed by atoms with van der Waals surface area (Å²) in [5.74, 6) is 1.16. The van der Waals surface area contributed by atoms with E-state index in [2.05, 4.69) is 19.6 Å². The first-order valence-corrected chi connectivity index (χ1v) is 9.74. The maximum absolute atomic E-state index is 11.2. The van der Waals surface area contributed by atoms with E-state index in [1.54, 1.807) is 18.2 Å². The zero-order valence-corrected chi connectivity index (χ0v) is 17.3. The van der Waals surface area contributed by atoms with Gasteiger partial charge >= 0.3 is 10.4 Å². The highest BCUT2D eigenvalue weighted by Crippen LogP contribution is 2.43. The summed E-state index contributed by atoms with van der Waals surface area (Å²) in [6, 6.07) is 7.86. The zero-order valence-electron chi connectivity index (χ0n) is 16.5. The Labute approximate surface area is 172 Å². The van der Waals surface area contributed by atoms with Gasteiger partial charge in [-0.3, -0.25) is 4.55 Å². The van der Waals surface area contributed by atoms with Gasteiger partial charge in [0.15, 0.2) is 23.0 Å². The highest BCUT2D eigenvalue weighted by Gasteiger charge is 2.21. The van der Waals surface area contributed by atoms with Crippen LogP contribution in [0.15, 0.2) is 30.3 Å². The lowest BCUT2D eigenvalue weighted by atomic mass is 10.0. The van der Waals surface area contributed by atoms with E-state index >= 15 is 0 Å². The number of aromatic amines is 1. The third-order valence-electron chi connectivity index (χ3n) is 4.12. The average Bonchev–Trinajstić information content (AvgIpc) is 3.21. The van der Waals surface area contributed by atoms with Crippen molar-refractivity contribution in [3.05, 3.63) is 30.3 Å². The summed E-state index contributed by atoms with van der Waals surface area (Å²) in [7, 11) is 1.06. The van der Waals surface area contributed by atoms with Crippen molar-refractivity contribution in [2.75, 3.05) is 28.4 Å². The number of H-pyrrole nitrogens is 1. The summed E-state index contributed by atoms with van der Waals surface area (Å²) < 4.78 is 57.1. The third-order valence-corrected chi connectivity index (χ3v) is 4.51. The molecule has 11 nitrogen and oxygen atoms in total. The van der Waals surface area contributed by atoms with Crippen molar-refractivity contribution in [1.29, 1.82) is 0 Å². The van der Waals surface area contributed by atoms with Crippen LogP contribution in [0, 0.1) is 0 Å². The fourth-order valence-corrected chi connectivity index (χ4v) is 3.21. The molecule has 0 fully saturated rings. The molecule has 0 atom stereocenters. The van der Waals surface area contributed by atoms with Gasteiger partial charge in [0.25, 0.3) is 0 Å². The summed E-state index contributed by atoms with van der Waals surface area (Å²) in [5.41, 5.74) is 1.86. The molecule has 0 spiro atoms. The molecule has 0 saturated carbocycles. The third kappa shape index (κ3) is 4.23. The van der Waals surface area contributed by atoms with E-state index in [-0.39, 0.29) is 11.5 Å². The molecule has 0 saturated heterocycles. The largest absolute Gasteiger partial charge is 0.493 e. The minimum Gasteiger partial charge on any atom is -0.493 e. The van der Waals surface area contributed by atoms with Crippen molar-refractivity contribution >= 4 is 10.4 Å². The van der Waals surface area contributed by atoms with Gasteiger partial charge in [0, 0.05) is 11.1 Å². The monoisotopic (exact) mass is 437 g/mol. The maximum atomic E-state index is 11.2. The van der Waals surface area contributed by atoms with Gasteiger partial charge in [-0.1, -0.05) is 0 Å². The minimum absolute atomic E-state index is 0.106. The van der Waals surface area contributed by atoms with Crippen LogP contribution >= 0.6 is 0 Å². The molecule has 2 N–H and O–H groups in total. The molecule has 1 heterocycles. The topological polar surface area (TPSA) is 142 Å². The van der Waals surface area contributed by atoms with Crippen LogP contribution in [0.2, 0.25) is 0 Å². The average molecular weight is 437 g/mol. The summed E-state index contributed by atoms with van der Waals surface area (Å²) in [4.78, 5) is 0. The molecule has 3 aromatic rings. The molecule has 30 heavy (non-hydrogen) atoms. The number of aromatic nitrogens is 3. The highest BCUT2D eigenvalue weighted by atomic mass is 32.3. The van der Waals surface area contributed by atoms with E-state index < -0.39 is 10.4 Å². The Balaban J connectivity index is 2.14. The molecule has 0 aliphatic carbocycles. The Morgan fingerprint density at radius 1 is 0.767 bits per heavy atom. The van der Waals surface area contributed by atoms with Crippen molar-refractivity contribution < 1.29 is 36.1 Å². The molecule has 0 aliphatic rings. The van der Waals surface area contributed by atoms with Crippen LogP contribution in [0.3, 0.4) is 0 Å². The second-order valence-electron chi connectivity index (χ2n) is 5.81. The summed E-state index contributed by atoms with van der Waals surface area (Å²) >= 11 is 0. The number of nitrogens with one attached hydrogen (secondary N) is 1.